The quantitative estimate of drug-likeness (QED) is 0.251. The van der Waals surface area contributed by atoms with Gasteiger partial charge in [0.15, 0.2) is 0 Å². The molecule has 1 aromatic heterocycles. The lowest BCUT2D eigenvalue weighted by Crippen LogP contribution is -2.32. The molecular weight excluding hydrogens is 530 g/mol. The van der Waals surface area contributed by atoms with Crippen molar-refractivity contribution in [2.45, 2.75) is 78.9 Å². The number of fused-ring (bicyclic) bond motifs is 1. The summed E-state index contributed by atoms with van der Waals surface area (Å²) in [5.74, 6) is 0.188. The summed E-state index contributed by atoms with van der Waals surface area (Å²) in [6.45, 7) is 13.0. The summed E-state index contributed by atoms with van der Waals surface area (Å²) in [5, 5.41) is 14.1. The van der Waals surface area contributed by atoms with Gasteiger partial charge in [0.05, 0.1) is 17.0 Å². The molecule has 0 bridgehead atoms. The van der Waals surface area contributed by atoms with Crippen LogP contribution in [-0.4, -0.2) is 28.6 Å². The Bertz CT molecular complexity index is 1570. The first-order chi connectivity index (χ1) is 20.6. The number of pyridine rings is 1. The second kappa shape index (κ2) is 12.7. The summed E-state index contributed by atoms with van der Waals surface area (Å²) in [6.07, 6.45) is 8.84. The van der Waals surface area contributed by atoms with Crippen LogP contribution in [0.4, 0.5) is 5.69 Å². The van der Waals surface area contributed by atoms with Crippen molar-refractivity contribution in [2.24, 2.45) is 5.92 Å². The van der Waals surface area contributed by atoms with Gasteiger partial charge in [-0.05, 0) is 92.9 Å². The van der Waals surface area contributed by atoms with Gasteiger partial charge in [0.25, 0.3) is 5.91 Å². The van der Waals surface area contributed by atoms with Crippen LogP contribution in [0.25, 0.3) is 16.8 Å². The molecule has 1 amide bonds. The predicted octanol–water partition coefficient (Wildman–Crippen LogP) is 8.43. The second-order valence-electron chi connectivity index (χ2n) is 12.6. The first-order valence-corrected chi connectivity index (χ1v) is 15.7. The second-order valence-corrected chi connectivity index (χ2v) is 12.6. The van der Waals surface area contributed by atoms with Gasteiger partial charge in [0.1, 0.15) is 5.69 Å². The normalized spacial score (nSPS) is 16.3. The smallest absolute Gasteiger partial charge is 0.276 e. The average molecular weight is 576 g/mol. The van der Waals surface area contributed by atoms with Gasteiger partial charge in [-0.25, -0.2) is 4.98 Å². The average Bonchev–Trinajstić information content (AvgIpc) is 3.82. The molecule has 0 radical (unpaired) electrons. The molecular formula is C38H45N3O2. The molecule has 2 N–H and O–H groups in total. The van der Waals surface area contributed by atoms with Crippen LogP contribution in [-0.2, 0) is 5.60 Å². The van der Waals surface area contributed by atoms with E-state index in [1.807, 2.05) is 47.4 Å². The SMILES string of the molecule is CC/C=C(NC1CC1)\C(C)=C\C1=C(C(C)C)c2ccccc2N(C(=O)c2cccc(-c3ccc(C(C)(C)O)cc3)n2)CC1. The number of benzene rings is 2. The van der Waals surface area contributed by atoms with Crippen LogP contribution >= 0.6 is 0 Å². The molecule has 0 spiro atoms. The molecule has 5 heteroatoms. The number of hydrogen-bond donors (Lipinski definition) is 2. The van der Waals surface area contributed by atoms with Gasteiger partial charge in [-0.2, -0.15) is 0 Å². The van der Waals surface area contributed by atoms with Crippen LogP contribution < -0.4 is 10.2 Å². The van der Waals surface area contributed by atoms with Crippen LogP contribution in [0.2, 0.25) is 0 Å². The Morgan fingerprint density at radius 1 is 1.07 bits per heavy atom. The van der Waals surface area contributed by atoms with Crippen molar-refractivity contribution in [1.29, 1.82) is 0 Å². The Morgan fingerprint density at radius 3 is 2.44 bits per heavy atom. The van der Waals surface area contributed by atoms with Crippen LogP contribution in [0, 0.1) is 5.92 Å². The molecule has 0 unspecified atom stereocenters. The molecule has 5 nitrogen and oxygen atoms in total. The summed E-state index contributed by atoms with van der Waals surface area (Å²) >= 11 is 0. The number of carbonyl (C=O) groups excluding carboxylic acids is 1. The van der Waals surface area contributed by atoms with E-state index in [1.54, 1.807) is 19.9 Å². The highest BCUT2D eigenvalue weighted by molar-refractivity contribution is 6.07. The maximum Gasteiger partial charge on any atom is 0.276 e. The summed E-state index contributed by atoms with van der Waals surface area (Å²) in [6, 6.07) is 22.2. The minimum absolute atomic E-state index is 0.102. The third-order valence-corrected chi connectivity index (χ3v) is 8.27. The van der Waals surface area contributed by atoms with Crippen molar-refractivity contribution in [1.82, 2.24) is 10.3 Å². The van der Waals surface area contributed by atoms with Gasteiger partial charge in [-0.15, -0.1) is 0 Å². The maximum atomic E-state index is 14.2. The monoisotopic (exact) mass is 575 g/mol. The third kappa shape index (κ3) is 7.00. The predicted molar refractivity (Wildman–Crippen MR) is 178 cm³/mol. The largest absolute Gasteiger partial charge is 0.386 e. The summed E-state index contributed by atoms with van der Waals surface area (Å²) < 4.78 is 0. The molecule has 2 aromatic carbocycles. The lowest BCUT2D eigenvalue weighted by Gasteiger charge is -2.24. The number of aromatic nitrogens is 1. The van der Waals surface area contributed by atoms with E-state index < -0.39 is 5.60 Å². The number of hydrogen-bond acceptors (Lipinski definition) is 4. The Labute approximate surface area is 257 Å². The Morgan fingerprint density at radius 2 is 1.79 bits per heavy atom. The number of anilines is 1. The van der Waals surface area contributed by atoms with Gasteiger partial charge in [-0.1, -0.05) is 81.5 Å². The fourth-order valence-corrected chi connectivity index (χ4v) is 5.87. The number of allylic oxidation sites excluding steroid dienone is 4. The number of para-hydroxylation sites is 1. The summed E-state index contributed by atoms with van der Waals surface area (Å²) in [7, 11) is 0. The van der Waals surface area contributed by atoms with E-state index in [0.717, 1.165) is 40.9 Å². The fourth-order valence-electron chi connectivity index (χ4n) is 5.87. The summed E-state index contributed by atoms with van der Waals surface area (Å²) in [5.41, 5.74) is 9.05. The molecule has 2 aliphatic rings. The highest BCUT2D eigenvalue weighted by Gasteiger charge is 2.28. The van der Waals surface area contributed by atoms with Crippen molar-refractivity contribution in [3.63, 3.8) is 0 Å². The minimum atomic E-state index is -0.916. The molecule has 1 aliphatic carbocycles. The fraction of sp³-hybridized carbons (Fsp3) is 0.368. The van der Waals surface area contributed by atoms with E-state index in [2.05, 4.69) is 63.4 Å². The molecule has 5 rings (SSSR count). The van der Waals surface area contributed by atoms with Gasteiger partial charge >= 0.3 is 0 Å². The highest BCUT2D eigenvalue weighted by Crippen LogP contribution is 2.40. The lowest BCUT2D eigenvalue weighted by molar-refractivity contribution is 0.0786. The molecule has 1 saturated carbocycles. The van der Waals surface area contributed by atoms with E-state index in [9.17, 15) is 9.90 Å². The zero-order valence-electron chi connectivity index (χ0n) is 26.4. The van der Waals surface area contributed by atoms with Crippen molar-refractivity contribution in [3.05, 3.63) is 113 Å². The first kappa shape index (κ1) is 30.5. The first-order valence-electron chi connectivity index (χ1n) is 15.7. The molecule has 3 aromatic rings. The molecule has 2 heterocycles. The zero-order chi connectivity index (χ0) is 30.7. The van der Waals surface area contributed by atoms with Crippen molar-refractivity contribution in [2.75, 3.05) is 11.4 Å². The highest BCUT2D eigenvalue weighted by atomic mass is 16.3. The van der Waals surface area contributed by atoms with Gasteiger partial charge < -0.3 is 15.3 Å². The molecule has 43 heavy (non-hydrogen) atoms. The number of nitrogens with zero attached hydrogens (tertiary/aromatic N) is 2. The van der Waals surface area contributed by atoms with Crippen molar-refractivity contribution in [3.8, 4) is 11.3 Å². The Hall–Kier alpha value is -3.96. The van der Waals surface area contributed by atoms with Crippen LogP contribution in [0.1, 0.15) is 88.8 Å². The Balaban J connectivity index is 1.49. The van der Waals surface area contributed by atoms with E-state index >= 15 is 0 Å². The number of carbonyl (C=O) groups is 1. The molecule has 1 aliphatic heterocycles. The van der Waals surface area contributed by atoms with Crippen molar-refractivity contribution >= 4 is 17.2 Å². The third-order valence-electron chi connectivity index (χ3n) is 8.27. The van der Waals surface area contributed by atoms with Crippen molar-refractivity contribution < 1.29 is 9.90 Å². The molecule has 1 fully saturated rings. The topological polar surface area (TPSA) is 65.5 Å². The molecule has 224 valence electrons. The standard InChI is InChI=1S/C38H45N3O2/c1-7-11-32(39-30-20-21-30)26(4)24-28-22-23-41(35-15-9-8-12-31(35)36(28)25(2)3)37(42)34-14-10-13-33(40-34)27-16-18-29(19-17-27)38(5,6)43/h8-19,24-25,30,39,43H,7,20-23H2,1-6H3/b26-24+,32-11+. The maximum absolute atomic E-state index is 14.2. The minimum Gasteiger partial charge on any atom is -0.386 e. The van der Waals surface area contributed by atoms with Crippen LogP contribution in [0.15, 0.2) is 95.7 Å². The Kier molecular flexibility index (Phi) is 9.03. The lowest BCUT2D eigenvalue weighted by atomic mass is 9.88. The number of rotatable bonds is 9. The summed E-state index contributed by atoms with van der Waals surface area (Å²) in [4.78, 5) is 20.9. The molecule has 0 saturated heterocycles. The number of aliphatic hydroxyl groups is 1. The van der Waals surface area contributed by atoms with Crippen LogP contribution in [0.3, 0.4) is 0 Å². The number of nitrogens with one attached hydrogen (secondary N) is 1. The van der Waals surface area contributed by atoms with Gasteiger partial charge in [0, 0.05) is 29.4 Å². The van der Waals surface area contributed by atoms with Gasteiger partial charge in [-0.3, -0.25) is 4.79 Å². The van der Waals surface area contributed by atoms with E-state index in [4.69, 9.17) is 4.98 Å². The van der Waals surface area contributed by atoms with Gasteiger partial charge in [0.2, 0.25) is 0 Å². The van der Waals surface area contributed by atoms with E-state index in [0.29, 0.717) is 24.2 Å². The van der Waals surface area contributed by atoms with E-state index in [1.165, 1.54) is 35.3 Å². The molecule has 0 atom stereocenters. The number of amides is 1. The van der Waals surface area contributed by atoms with Crippen LogP contribution in [0.5, 0.6) is 0 Å². The zero-order valence-corrected chi connectivity index (χ0v) is 26.4. The van der Waals surface area contributed by atoms with E-state index in [-0.39, 0.29) is 5.91 Å².